The number of para-hydroxylation sites is 1. The monoisotopic (exact) mass is 556 g/mol. The number of carbonyl (C=O) groups is 5. The summed E-state index contributed by atoms with van der Waals surface area (Å²) in [4.78, 5) is 64.9. The van der Waals surface area contributed by atoms with E-state index in [1.807, 2.05) is 13.8 Å². The summed E-state index contributed by atoms with van der Waals surface area (Å²) in [6.07, 6.45) is -5.02. The molecule has 1 unspecified atom stereocenters. The molecular weight excluding hydrogens is 528 g/mol. The quantitative estimate of drug-likeness (QED) is 0.327. The number of Topliss-reactive ketones (excluding diaryl/α,β-unsaturated/α-hetero) is 1. The van der Waals surface area contributed by atoms with Crippen LogP contribution in [-0.2, 0) is 28.7 Å². The molecule has 14 heteroatoms. The van der Waals surface area contributed by atoms with Crippen LogP contribution in [0.3, 0.4) is 0 Å². The second-order valence-electron chi connectivity index (χ2n) is 10.6. The van der Waals surface area contributed by atoms with Crippen molar-refractivity contribution in [1.82, 2.24) is 15.5 Å². The Bertz CT molecular complexity index is 1190. The van der Waals surface area contributed by atoms with Crippen LogP contribution in [0, 0.1) is 29.0 Å². The van der Waals surface area contributed by atoms with Gasteiger partial charge in [-0.25, -0.2) is 4.39 Å². The van der Waals surface area contributed by atoms with Crippen LogP contribution < -0.4 is 16.0 Å². The van der Waals surface area contributed by atoms with Gasteiger partial charge < -0.3 is 20.9 Å². The number of piperidine rings is 1. The molecule has 2 heterocycles. The number of anilines is 1. The number of nitrogens with zero attached hydrogens (tertiary/aromatic N) is 1. The molecule has 2 aliphatic heterocycles. The first-order valence-corrected chi connectivity index (χ1v) is 12.4. The van der Waals surface area contributed by atoms with Crippen LogP contribution in [-0.4, -0.2) is 72.5 Å². The molecule has 1 aliphatic carbocycles. The van der Waals surface area contributed by atoms with Crippen LogP contribution in [0.5, 0.6) is 0 Å². The summed E-state index contributed by atoms with van der Waals surface area (Å²) in [5, 5.41) is 7.16. The first kappa shape index (κ1) is 28.5. The minimum atomic E-state index is -5.08. The van der Waals surface area contributed by atoms with E-state index in [0.717, 1.165) is 11.0 Å². The van der Waals surface area contributed by atoms with Gasteiger partial charge >= 0.3 is 18.2 Å². The summed E-state index contributed by atoms with van der Waals surface area (Å²) in [7, 11) is 0. The lowest BCUT2D eigenvalue weighted by Crippen LogP contribution is -2.56. The largest absolute Gasteiger partial charge is 0.522 e. The number of fused-ring (bicyclic) bond motifs is 1. The number of carbonyl (C=O) groups excluding carboxylic acids is 5. The van der Waals surface area contributed by atoms with E-state index >= 15 is 0 Å². The lowest BCUT2D eigenvalue weighted by molar-refractivity contribution is -0.321. The van der Waals surface area contributed by atoms with Gasteiger partial charge in [0.2, 0.25) is 11.8 Å². The lowest BCUT2D eigenvalue weighted by Gasteiger charge is -2.31. The van der Waals surface area contributed by atoms with E-state index in [9.17, 15) is 41.5 Å². The van der Waals surface area contributed by atoms with Gasteiger partial charge in [-0.05, 0) is 42.2 Å². The van der Waals surface area contributed by atoms with Crippen LogP contribution in [0.1, 0.15) is 26.7 Å². The fourth-order valence-electron chi connectivity index (χ4n) is 5.60. The third-order valence-electron chi connectivity index (χ3n) is 7.82. The van der Waals surface area contributed by atoms with E-state index in [2.05, 4.69) is 20.7 Å². The Kier molecular flexibility index (Phi) is 7.70. The highest BCUT2D eigenvalue weighted by molar-refractivity contribution is 6.40. The molecule has 5 atom stereocenters. The third-order valence-corrected chi connectivity index (χ3v) is 7.82. The van der Waals surface area contributed by atoms with Gasteiger partial charge in [-0.1, -0.05) is 26.0 Å². The number of halogens is 4. The van der Waals surface area contributed by atoms with Crippen LogP contribution in [0.2, 0.25) is 0 Å². The van der Waals surface area contributed by atoms with Gasteiger partial charge in [0.25, 0.3) is 0 Å². The Labute approximate surface area is 220 Å². The highest BCUT2D eigenvalue weighted by Crippen LogP contribution is 2.64. The molecule has 1 aromatic carbocycles. The molecule has 2 saturated heterocycles. The highest BCUT2D eigenvalue weighted by atomic mass is 19.4. The number of ether oxygens (including phenoxy) is 1. The van der Waals surface area contributed by atoms with Crippen molar-refractivity contribution in [1.29, 1.82) is 0 Å². The molecule has 39 heavy (non-hydrogen) atoms. The maximum absolute atomic E-state index is 14.0. The zero-order valence-corrected chi connectivity index (χ0v) is 21.1. The van der Waals surface area contributed by atoms with Crippen LogP contribution in [0.25, 0.3) is 0 Å². The standard InChI is InChI=1S/C25H28F4N4O6/c1-24(2)13-10-33(23(38)22(37)31-15-6-4-3-5-14(15)26)19(18(13)24)21(36)32-16(9-12-7-8-30-20(12)35)17(34)11-39-25(27,28)29/h3-6,12-13,16,18-19H,7-11H2,1-2H3,(H,30,35)(H,31,37)(H,32,36)/t12-,13-,16?,18-,19-/m0/s1. The second-order valence-corrected chi connectivity index (χ2v) is 10.6. The summed E-state index contributed by atoms with van der Waals surface area (Å²) in [6.45, 7) is 2.72. The summed E-state index contributed by atoms with van der Waals surface area (Å²) in [6, 6.07) is 2.49. The summed E-state index contributed by atoms with van der Waals surface area (Å²) < 4.78 is 55.3. The fourth-order valence-corrected chi connectivity index (χ4v) is 5.60. The summed E-state index contributed by atoms with van der Waals surface area (Å²) in [5.74, 6) is -6.64. The normalized spacial score (nSPS) is 25.9. The average Bonchev–Trinajstić information content (AvgIpc) is 3.20. The van der Waals surface area contributed by atoms with E-state index in [1.54, 1.807) is 0 Å². The van der Waals surface area contributed by atoms with E-state index in [1.165, 1.54) is 18.2 Å². The molecule has 3 N–H and O–H groups in total. The summed E-state index contributed by atoms with van der Waals surface area (Å²) in [5.41, 5.74) is -0.614. The number of rotatable bonds is 8. The van der Waals surface area contributed by atoms with E-state index in [-0.39, 0.29) is 35.9 Å². The Morgan fingerprint density at radius 1 is 1.21 bits per heavy atom. The number of hydrogen-bond acceptors (Lipinski definition) is 6. The molecule has 4 rings (SSSR count). The van der Waals surface area contributed by atoms with Gasteiger partial charge in [0.05, 0.1) is 11.7 Å². The van der Waals surface area contributed by atoms with Gasteiger partial charge in [-0.15, -0.1) is 13.2 Å². The number of amides is 4. The molecule has 0 spiro atoms. The predicted octanol–water partition coefficient (Wildman–Crippen LogP) is 1.36. The Balaban J connectivity index is 1.51. The summed E-state index contributed by atoms with van der Waals surface area (Å²) >= 11 is 0. The maximum Gasteiger partial charge on any atom is 0.522 e. The first-order valence-electron chi connectivity index (χ1n) is 12.4. The predicted molar refractivity (Wildman–Crippen MR) is 126 cm³/mol. The number of likely N-dealkylation sites (tertiary alicyclic amines) is 1. The topological polar surface area (TPSA) is 134 Å². The molecule has 1 saturated carbocycles. The Morgan fingerprint density at radius 2 is 1.90 bits per heavy atom. The average molecular weight is 557 g/mol. The lowest BCUT2D eigenvalue weighted by atomic mass is 9.95. The van der Waals surface area contributed by atoms with Crippen LogP contribution in [0.15, 0.2) is 24.3 Å². The zero-order chi connectivity index (χ0) is 28.7. The van der Waals surface area contributed by atoms with E-state index in [4.69, 9.17) is 0 Å². The van der Waals surface area contributed by atoms with Crippen molar-refractivity contribution in [2.24, 2.45) is 23.2 Å². The molecule has 0 aromatic heterocycles. The number of hydrogen-bond donors (Lipinski definition) is 3. The van der Waals surface area contributed by atoms with Crippen molar-refractivity contribution < 1.29 is 46.3 Å². The number of benzene rings is 1. The first-order chi connectivity index (χ1) is 18.2. The van der Waals surface area contributed by atoms with Crippen LogP contribution in [0.4, 0.5) is 23.2 Å². The van der Waals surface area contributed by atoms with Crippen molar-refractivity contribution in [3.8, 4) is 0 Å². The van der Waals surface area contributed by atoms with Crippen molar-refractivity contribution in [3.05, 3.63) is 30.1 Å². The molecule has 4 amide bonds. The van der Waals surface area contributed by atoms with Gasteiger partial charge in [0.1, 0.15) is 18.5 Å². The van der Waals surface area contributed by atoms with Gasteiger partial charge in [0, 0.05) is 19.0 Å². The molecule has 10 nitrogen and oxygen atoms in total. The number of ketones is 1. The second kappa shape index (κ2) is 10.5. The molecular formula is C25H28F4N4O6. The van der Waals surface area contributed by atoms with Crippen molar-refractivity contribution in [2.75, 3.05) is 25.0 Å². The Morgan fingerprint density at radius 3 is 2.51 bits per heavy atom. The third kappa shape index (κ3) is 6.05. The van der Waals surface area contributed by atoms with Crippen molar-refractivity contribution >= 4 is 35.1 Å². The molecule has 0 radical (unpaired) electrons. The van der Waals surface area contributed by atoms with Crippen molar-refractivity contribution in [3.63, 3.8) is 0 Å². The van der Waals surface area contributed by atoms with Gasteiger partial charge in [-0.2, -0.15) is 0 Å². The fraction of sp³-hybridized carbons (Fsp3) is 0.560. The maximum atomic E-state index is 14.0. The number of nitrogens with one attached hydrogen (secondary N) is 3. The number of alkyl halides is 3. The molecule has 0 bridgehead atoms. The molecule has 1 aromatic rings. The molecule has 3 aliphatic rings. The minimum Gasteiger partial charge on any atom is -0.356 e. The van der Waals surface area contributed by atoms with E-state index in [0.29, 0.717) is 13.0 Å². The van der Waals surface area contributed by atoms with Gasteiger partial charge in [0.15, 0.2) is 5.78 Å². The molecule has 212 valence electrons. The van der Waals surface area contributed by atoms with Crippen LogP contribution >= 0.6 is 0 Å². The smallest absolute Gasteiger partial charge is 0.356 e. The molecule has 3 fully saturated rings. The van der Waals surface area contributed by atoms with E-state index < -0.39 is 66.2 Å². The highest BCUT2D eigenvalue weighted by Gasteiger charge is 2.69. The SMILES string of the molecule is CC1(C)[C@@H]2[C@@H](C(=O)NC(C[C@@H]3CCNC3=O)C(=O)COC(F)(F)F)N(C(=O)C(=O)Nc3ccccc3F)C[C@@H]21. The zero-order valence-electron chi connectivity index (χ0n) is 21.1. The van der Waals surface area contributed by atoms with Crippen molar-refractivity contribution in [2.45, 2.75) is 45.1 Å². The van der Waals surface area contributed by atoms with Gasteiger partial charge in [-0.3, -0.25) is 28.7 Å². The minimum absolute atomic E-state index is 0.0418. The Hall–Kier alpha value is -3.55.